The minimum absolute atomic E-state index is 0.0423. The lowest BCUT2D eigenvalue weighted by Crippen LogP contribution is -2.47. The third kappa shape index (κ3) is 2.74. The molecule has 2 atom stereocenters. The lowest BCUT2D eigenvalue weighted by molar-refractivity contribution is -0.360. The van der Waals surface area contributed by atoms with Crippen molar-refractivity contribution in [2.45, 2.75) is 32.5 Å². The van der Waals surface area contributed by atoms with E-state index in [0.29, 0.717) is 0 Å². The maximum atomic E-state index is 12.5. The molecule has 1 N–H and O–H groups in total. The lowest BCUT2D eigenvalue weighted by Gasteiger charge is -2.36. The van der Waals surface area contributed by atoms with Gasteiger partial charge in [0.25, 0.3) is 0 Å². The zero-order chi connectivity index (χ0) is 10.1. The van der Waals surface area contributed by atoms with E-state index in [1.54, 1.807) is 6.08 Å². The first-order valence-electron chi connectivity index (χ1n) is 4.26. The van der Waals surface area contributed by atoms with Crippen LogP contribution in [0.3, 0.4) is 0 Å². The molecular weight excluding hydrogens is 178 g/mol. The number of alkyl halides is 2. The van der Waals surface area contributed by atoms with Gasteiger partial charge in [0.05, 0.1) is 18.6 Å². The standard InChI is InChI=1S/C9H14F2O2/c1-6(2)3-8(12)4-7-5-13-9(7,10)11/h3,7-8,12H,4-5H2,1-2H3. The monoisotopic (exact) mass is 192 g/mol. The van der Waals surface area contributed by atoms with Crippen molar-refractivity contribution in [3.8, 4) is 0 Å². The Labute approximate surface area is 76.2 Å². The predicted octanol–water partition coefficient (Wildman–Crippen LogP) is 1.94. The molecule has 76 valence electrons. The number of halogens is 2. The molecule has 0 aromatic rings. The molecule has 0 amide bonds. The molecule has 0 aromatic heterocycles. The van der Waals surface area contributed by atoms with Gasteiger partial charge in [-0.2, -0.15) is 8.78 Å². The van der Waals surface area contributed by atoms with Crippen LogP contribution in [0.5, 0.6) is 0 Å². The smallest absolute Gasteiger partial charge is 0.360 e. The summed E-state index contributed by atoms with van der Waals surface area (Å²) < 4.78 is 29.2. The number of ether oxygens (including phenoxy) is 1. The van der Waals surface area contributed by atoms with Crippen molar-refractivity contribution in [1.29, 1.82) is 0 Å². The summed E-state index contributed by atoms with van der Waals surface area (Å²) in [6.07, 6.45) is -2.17. The zero-order valence-corrected chi connectivity index (χ0v) is 7.76. The normalized spacial score (nSPS) is 27.6. The van der Waals surface area contributed by atoms with Gasteiger partial charge in [-0.25, -0.2) is 0 Å². The molecule has 0 aliphatic carbocycles. The second-order valence-electron chi connectivity index (χ2n) is 3.62. The third-order valence-electron chi connectivity index (χ3n) is 2.00. The van der Waals surface area contributed by atoms with Crippen LogP contribution >= 0.6 is 0 Å². The summed E-state index contributed by atoms with van der Waals surface area (Å²) in [5.41, 5.74) is 0.927. The molecule has 13 heavy (non-hydrogen) atoms. The van der Waals surface area contributed by atoms with Gasteiger partial charge in [-0.15, -0.1) is 0 Å². The van der Waals surface area contributed by atoms with Crippen LogP contribution in [0.15, 0.2) is 11.6 Å². The quantitative estimate of drug-likeness (QED) is 0.692. The first kappa shape index (κ1) is 10.6. The Bertz CT molecular complexity index is 210. The number of hydrogen-bond donors (Lipinski definition) is 1. The highest BCUT2D eigenvalue weighted by molar-refractivity contribution is 4.99. The second kappa shape index (κ2) is 3.72. The van der Waals surface area contributed by atoms with Crippen LogP contribution in [-0.4, -0.2) is 23.9 Å². The number of hydrogen-bond acceptors (Lipinski definition) is 2. The zero-order valence-electron chi connectivity index (χ0n) is 7.76. The number of allylic oxidation sites excluding steroid dienone is 1. The van der Waals surface area contributed by atoms with Gasteiger partial charge in [-0.05, 0) is 20.3 Å². The molecule has 2 nitrogen and oxygen atoms in total. The van der Waals surface area contributed by atoms with Gasteiger partial charge in [0.2, 0.25) is 0 Å². The maximum Gasteiger partial charge on any atom is 0.360 e. The summed E-state index contributed by atoms with van der Waals surface area (Å²) >= 11 is 0. The van der Waals surface area contributed by atoms with Crippen molar-refractivity contribution in [3.05, 3.63) is 11.6 Å². The summed E-state index contributed by atoms with van der Waals surface area (Å²) in [6, 6.07) is 0. The van der Waals surface area contributed by atoms with E-state index in [1.807, 2.05) is 13.8 Å². The number of aliphatic hydroxyl groups is 1. The van der Waals surface area contributed by atoms with Crippen molar-refractivity contribution in [1.82, 2.24) is 0 Å². The summed E-state index contributed by atoms with van der Waals surface area (Å²) in [5.74, 6) is -0.835. The topological polar surface area (TPSA) is 29.5 Å². The fraction of sp³-hybridized carbons (Fsp3) is 0.778. The van der Waals surface area contributed by atoms with Gasteiger partial charge in [-0.3, -0.25) is 0 Å². The van der Waals surface area contributed by atoms with Crippen LogP contribution in [0.25, 0.3) is 0 Å². The molecule has 1 heterocycles. The van der Waals surface area contributed by atoms with Crippen LogP contribution in [0, 0.1) is 5.92 Å². The molecule has 2 unspecified atom stereocenters. The molecule has 1 rings (SSSR count). The van der Waals surface area contributed by atoms with Crippen molar-refractivity contribution in [2.75, 3.05) is 6.61 Å². The van der Waals surface area contributed by atoms with Gasteiger partial charge in [0.15, 0.2) is 0 Å². The second-order valence-corrected chi connectivity index (χ2v) is 3.62. The van der Waals surface area contributed by atoms with Gasteiger partial charge in [-0.1, -0.05) is 11.6 Å². The van der Waals surface area contributed by atoms with E-state index >= 15 is 0 Å². The Morgan fingerprint density at radius 2 is 2.31 bits per heavy atom. The average molecular weight is 192 g/mol. The average Bonchev–Trinajstić information content (AvgIpc) is 1.97. The highest BCUT2D eigenvalue weighted by Crippen LogP contribution is 2.38. The summed E-state index contributed by atoms with van der Waals surface area (Å²) in [7, 11) is 0. The molecule has 1 aliphatic rings. The van der Waals surface area contributed by atoms with E-state index in [9.17, 15) is 13.9 Å². The van der Waals surface area contributed by atoms with E-state index < -0.39 is 18.1 Å². The summed E-state index contributed by atoms with van der Waals surface area (Å²) in [6.45, 7) is 3.68. The van der Waals surface area contributed by atoms with E-state index in [4.69, 9.17) is 0 Å². The minimum Gasteiger partial charge on any atom is -0.389 e. The molecule has 4 heteroatoms. The Kier molecular flexibility index (Phi) is 3.03. The third-order valence-corrected chi connectivity index (χ3v) is 2.00. The van der Waals surface area contributed by atoms with Crippen LogP contribution in [0.1, 0.15) is 20.3 Å². The molecule has 1 aliphatic heterocycles. The van der Waals surface area contributed by atoms with Crippen LogP contribution < -0.4 is 0 Å². The van der Waals surface area contributed by atoms with Crippen LogP contribution in [-0.2, 0) is 4.74 Å². The molecule has 0 radical (unpaired) electrons. The predicted molar refractivity (Wildman–Crippen MR) is 44.4 cm³/mol. The molecular formula is C9H14F2O2. The highest BCUT2D eigenvalue weighted by Gasteiger charge is 2.50. The molecule has 0 aromatic carbocycles. The molecule has 1 saturated heterocycles. The summed E-state index contributed by atoms with van der Waals surface area (Å²) in [5, 5.41) is 9.32. The van der Waals surface area contributed by atoms with Crippen LogP contribution in [0.4, 0.5) is 8.78 Å². The number of aliphatic hydroxyl groups excluding tert-OH is 1. The Morgan fingerprint density at radius 1 is 1.69 bits per heavy atom. The van der Waals surface area contributed by atoms with Crippen molar-refractivity contribution in [3.63, 3.8) is 0 Å². The molecule has 0 bridgehead atoms. The van der Waals surface area contributed by atoms with Crippen LogP contribution in [0.2, 0.25) is 0 Å². The lowest BCUT2D eigenvalue weighted by atomic mass is 9.96. The maximum absolute atomic E-state index is 12.5. The molecule has 0 saturated carbocycles. The first-order chi connectivity index (χ1) is 5.92. The van der Waals surface area contributed by atoms with E-state index in [0.717, 1.165) is 5.57 Å². The Morgan fingerprint density at radius 3 is 2.62 bits per heavy atom. The van der Waals surface area contributed by atoms with Crippen molar-refractivity contribution < 1.29 is 18.6 Å². The van der Waals surface area contributed by atoms with Crippen molar-refractivity contribution >= 4 is 0 Å². The fourth-order valence-electron chi connectivity index (χ4n) is 1.28. The Hall–Kier alpha value is -0.480. The van der Waals surface area contributed by atoms with Gasteiger partial charge >= 0.3 is 6.11 Å². The Balaban J connectivity index is 2.37. The van der Waals surface area contributed by atoms with Gasteiger partial charge in [0.1, 0.15) is 0 Å². The largest absolute Gasteiger partial charge is 0.389 e. The SMILES string of the molecule is CC(C)=CC(O)CC1COC1(F)F. The minimum atomic E-state index is -3.03. The van der Waals surface area contributed by atoms with Crippen molar-refractivity contribution in [2.24, 2.45) is 5.92 Å². The fourth-order valence-corrected chi connectivity index (χ4v) is 1.28. The first-order valence-corrected chi connectivity index (χ1v) is 4.26. The molecule has 0 spiro atoms. The summed E-state index contributed by atoms with van der Waals surface area (Å²) in [4.78, 5) is 0. The van der Waals surface area contributed by atoms with Gasteiger partial charge in [0, 0.05) is 0 Å². The van der Waals surface area contributed by atoms with E-state index in [1.165, 1.54) is 0 Å². The van der Waals surface area contributed by atoms with Gasteiger partial charge < -0.3 is 9.84 Å². The number of rotatable bonds is 3. The highest BCUT2D eigenvalue weighted by atomic mass is 19.3. The van der Waals surface area contributed by atoms with E-state index in [-0.39, 0.29) is 13.0 Å². The van der Waals surface area contributed by atoms with E-state index in [2.05, 4.69) is 4.74 Å². The molecule has 1 fully saturated rings.